The van der Waals surface area contributed by atoms with Gasteiger partial charge in [0.1, 0.15) is 11.3 Å². The van der Waals surface area contributed by atoms with E-state index in [1.165, 1.54) is 0 Å². The van der Waals surface area contributed by atoms with Crippen LogP contribution in [0.25, 0.3) is 11.0 Å². The molecule has 0 spiro atoms. The monoisotopic (exact) mass is 281 g/mol. The Labute approximate surface area is 121 Å². The molecule has 1 aliphatic rings. The molecule has 1 aromatic heterocycles. The second-order valence-electron chi connectivity index (χ2n) is 5.56. The number of hydrogen-bond donors (Lipinski definition) is 1. The summed E-state index contributed by atoms with van der Waals surface area (Å²) >= 11 is 0. The highest BCUT2D eigenvalue weighted by Crippen LogP contribution is 2.47. The van der Waals surface area contributed by atoms with Gasteiger partial charge in [-0.05, 0) is 25.1 Å². The average Bonchev–Trinajstić information content (AvgIpc) is 3.07. The van der Waals surface area contributed by atoms with Gasteiger partial charge in [-0.15, -0.1) is 5.10 Å². The third kappa shape index (κ3) is 1.61. The summed E-state index contributed by atoms with van der Waals surface area (Å²) in [5.41, 5.74) is 2.16. The minimum Gasteiger partial charge on any atom is -0.467 e. The van der Waals surface area contributed by atoms with Crippen molar-refractivity contribution in [2.24, 2.45) is 0 Å². The number of nitrogens with zero attached hydrogens (tertiary/aromatic N) is 3. The van der Waals surface area contributed by atoms with Crippen molar-refractivity contribution < 1.29 is 9.84 Å². The number of aromatic nitrogens is 3. The van der Waals surface area contributed by atoms with E-state index in [0.29, 0.717) is 0 Å². The summed E-state index contributed by atoms with van der Waals surface area (Å²) in [5.74, 6) is 0.790. The maximum atomic E-state index is 9.97. The quantitative estimate of drug-likeness (QED) is 0.783. The fourth-order valence-electron chi connectivity index (χ4n) is 2.97. The summed E-state index contributed by atoms with van der Waals surface area (Å²) in [6, 6.07) is 15.5. The lowest BCUT2D eigenvalue weighted by Gasteiger charge is -2.28. The van der Waals surface area contributed by atoms with Gasteiger partial charge in [0.15, 0.2) is 0 Å². The lowest BCUT2D eigenvalue weighted by Crippen LogP contribution is -2.36. The summed E-state index contributed by atoms with van der Waals surface area (Å²) < 4.78 is 7.82. The number of para-hydroxylation sites is 2. The first-order chi connectivity index (χ1) is 10.2. The summed E-state index contributed by atoms with van der Waals surface area (Å²) in [7, 11) is 0. The summed E-state index contributed by atoms with van der Waals surface area (Å²) in [5, 5.41) is 18.4. The van der Waals surface area contributed by atoms with E-state index in [0.717, 1.165) is 22.3 Å². The van der Waals surface area contributed by atoms with E-state index < -0.39 is 11.6 Å². The minimum absolute atomic E-state index is 0.0249. The van der Waals surface area contributed by atoms with Gasteiger partial charge in [-0.1, -0.05) is 35.5 Å². The molecule has 2 heterocycles. The molecule has 0 saturated heterocycles. The van der Waals surface area contributed by atoms with Crippen LogP contribution in [0.2, 0.25) is 0 Å². The molecule has 3 aromatic rings. The van der Waals surface area contributed by atoms with E-state index in [9.17, 15) is 5.11 Å². The standard InChI is InChI=1S/C16H15N3O2/c1-16(10-20)11-6-2-5-9-14(11)21-15(16)19-13-8-4-3-7-12(13)17-18-19/h2-9,15,20H,10H2,1H3/t15-,16-/m1/s1. The van der Waals surface area contributed by atoms with E-state index >= 15 is 0 Å². The van der Waals surface area contributed by atoms with E-state index in [-0.39, 0.29) is 6.61 Å². The van der Waals surface area contributed by atoms with Crippen LogP contribution in [0.3, 0.4) is 0 Å². The molecule has 4 rings (SSSR count). The number of rotatable bonds is 2. The van der Waals surface area contributed by atoms with Gasteiger partial charge in [0.05, 0.1) is 17.5 Å². The van der Waals surface area contributed by atoms with Gasteiger partial charge >= 0.3 is 0 Å². The van der Waals surface area contributed by atoms with Gasteiger partial charge in [-0.3, -0.25) is 0 Å². The van der Waals surface area contributed by atoms with Crippen molar-refractivity contribution in [3.05, 3.63) is 54.1 Å². The minimum atomic E-state index is -0.549. The molecule has 106 valence electrons. The molecule has 0 amide bonds. The number of aliphatic hydroxyl groups is 1. The molecule has 0 saturated carbocycles. The van der Waals surface area contributed by atoms with Crippen LogP contribution in [0.4, 0.5) is 0 Å². The van der Waals surface area contributed by atoms with E-state index in [2.05, 4.69) is 10.3 Å². The maximum absolute atomic E-state index is 9.97. The van der Waals surface area contributed by atoms with Crippen molar-refractivity contribution in [2.75, 3.05) is 6.61 Å². The van der Waals surface area contributed by atoms with E-state index in [1.807, 2.05) is 55.5 Å². The highest BCUT2D eigenvalue weighted by molar-refractivity contribution is 5.74. The Kier molecular flexibility index (Phi) is 2.53. The predicted octanol–water partition coefficient (Wildman–Crippen LogP) is 2.27. The largest absolute Gasteiger partial charge is 0.467 e. The van der Waals surface area contributed by atoms with Crippen molar-refractivity contribution in [1.29, 1.82) is 0 Å². The highest BCUT2D eigenvalue weighted by atomic mass is 16.5. The van der Waals surface area contributed by atoms with Crippen molar-refractivity contribution >= 4 is 11.0 Å². The molecular formula is C16H15N3O2. The number of hydrogen-bond acceptors (Lipinski definition) is 4. The van der Waals surface area contributed by atoms with Crippen LogP contribution in [0, 0.1) is 0 Å². The molecule has 5 heteroatoms. The third-order valence-corrected chi connectivity index (χ3v) is 4.21. The van der Waals surface area contributed by atoms with Crippen LogP contribution in [0.1, 0.15) is 18.7 Å². The van der Waals surface area contributed by atoms with Crippen LogP contribution in [0.5, 0.6) is 5.75 Å². The summed E-state index contributed by atoms with van der Waals surface area (Å²) in [6.45, 7) is 1.96. The molecular weight excluding hydrogens is 266 g/mol. The normalized spacial score (nSPS) is 24.0. The Bertz CT molecular complexity index is 814. The number of ether oxygens (including phenoxy) is 1. The Hall–Kier alpha value is -2.40. The molecule has 0 fully saturated rings. The Morgan fingerprint density at radius 1 is 1.19 bits per heavy atom. The van der Waals surface area contributed by atoms with Crippen LogP contribution in [0.15, 0.2) is 48.5 Å². The summed E-state index contributed by atoms with van der Waals surface area (Å²) in [6.07, 6.45) is -0.410. The van der Waals surface area contributed by atoms with E-state index in [1.54, 1.807) is 4.68 Å². The fourth-order valence-corrected chi connectivity index (χ4v) is 2.97. The smallest absolute Gasteiger partial charge is 0.205 e. The lowest BCUT2D eigenvalue weighted by atomic mass is 9.83. The van der Waals surface area contributed by atoms with Crippen LogP contribution >= 0.6 is 0 Å². The first-order valence-electron chi connectivity index (χ1n) is 6.91. The Balaban J connectivity index is 1.90. The number of fused-ring (bicyclic) bond motifs is 2. The number of benzene rings is 2. The fraction of sp³-hybridized carbons (Fsp3) is 0.250. The maximum Gasteiger partial charge on any atom is 0.205 e. The highest BCUT2D eigenvalue weighted by Gasteiger charge is 2.47. The van der Waals surface area contributed by atoms with Gasteiger partial charge in [-0.2, -0.15) is 0 Å². The van der Waals surface area contributed by atoms with Gasteiger partial charge in [0, 0.05) is 5.56 Å². The lowest BCUT2D eigenvalue weighted by molar-refractivity contribution is 0.0402. The summed E-state index contributed by atoms with van der Waals surface area (Å²) in [4.78, 5) is 0. The molecule has 0 aliphatic carbocycles. The zero-order chi connectivity index (χ0) is 14.4. The number of aliphatic hydroxyl groups excluding tert-OH is 1. The zero-order valence-electron chi connectivity index (χ0n) is 11.6. The first kappa shape index (κ1) is 12.3. The molecule has 2 aromatic carbocycles. The van der Waals surface area contributed by atoms with Gasteiger partial charge in [0.25, 0.3) is 0 Å². The van der Waals surface area contributed by atoms with Crippen molar-refractivity contribution in [3.63, 3.8) is 0 Å². The molecule has 2 atom stereocenters. The SMILES string of the molecule is C[C@@]1(CO)c2ccccc2O[C@H]1n1nnc2ccccc21. The molecule has 0 bridgehead atoms. The Morgan fingerprint density at radius 2 is 1.95 bits per heavy atom. The second-order valence-corrected chi connectivity index (χ2v) is 5.56. The Morgan fingerprint density at radius 3 is 2.81 bits per heavy atom. The van der Waals surface area contributed by atoms with Gasteiger partial charge in [-0.25, -0.2) is 4.68 Å². The zero-order valence-corrected chi connectivity index (χ0v) is 11.6. The van der Waals surface area contributed by atoms with Gasteiger partial charge < -0.3 is 9.84 Å². The average molecular weight is 281 g/mol. The van der Waals surface area contributed by atoms with Crippen LogP contribution in [-0.4, -0.2) is 26.7 Å². The molecule has 1 aliphatic heterocycles. The third-order valence-electron chi connectivity index (χ3n) is 4.21. The molecule has 21 heavy (non-hydrogen) atoms. The second kappa shape index (κ2) is 4.30. The van der Waals surface area contributed by atoms with Crippen molar-refractivity contribution in [3.8, 4) is 5.75 Å². The first-order valence-corrected chi connectivity index (χ1v) is 6.91. The van der Waals surface area contributed by atoms with Crippen LogP contribution in [-0.2, 0) is 5.41 Å². The van der Waals surface area contributed by atoms with Crippen molar-refractivity contribution in [2.45, 2.75) is 18.6 Å². The van der Waals surface area contributed by atoms with E-state index in [4.69, 9.17) is 4.74 Å². The molecule has 0 unspecified atom stereocenters. The molecule has 5 nitrogen and oxygen atoms in total. The van der Waals surface area contributed by atoms with Gasteiger partial charge in [0.2, 0.25) is 6.23 Å². The molecule has 0 radical (unpaired) electrons. The van der Waals surface area contributed by atoms with Crippen LogP contribution < -0.4 is 4.74 Å². The predicted molar refractivity (Wildman–Crippen MR) is 78.1 cm³/mol. The van der Waals surface area contributed by atoms with Crippen molar-refractivity contribution in [1.82, 2.24) is 15.0 Å². The molecule has 1 N–H and O–H groups in total. The topological polar surface area (TPSA) is 60.2 Å².